The first-order valence-corrected chi connectivity index (χ1v) is 8.74. The number of aromatic nitrogens is 2. The van der Waals surface area contributed by atoms with E-state index >= 15 is 0 Å². The van der Waals surface area contributed by atoms with E-state index in [0.717, 1.165) is 5.56 Å². The van der Waals surface area contributed by atoms with Gasteiger partial charge in [-0.15, -0.1) is 0 Å². The van der Waals surface area contributed by atoms with Gasteiger partial charge in [0.05, 0.1) is 21.0 Å². The lowest BCUT2D eigenvalue weighted by Crippen LogP contribution is -2.11. The highest BCUT2D eigenvalue weighted by Crippen LogP contribution is 2.34. The molecule has 138 valence electrons. The molecule has 2 N–H and O–H groups in total. The molecule has 0 aliphatic carbocycles. The zero-order chi connectivity index (χ0) is 19.4. The number of rotatable bonds is 6. The van der Waals surface area contributed by atoms with E-state index in [2.05, 4.69) is 20.6 Å². The van der Waals surface area contributed by atoms with E-state index in [9.17, 15) is 10.1 Å². The Hall–Kier alpha value is -2.90. The first-order chi connectivity index (χ1) is 13.0. The van der Waals surface area contributed by atoms with E-state index in [0.29, 0.717) is 15.7 Å². The standard InChI is InChI=1S/C18H15Cl2N5O2/c1-11(12-5-3-2-4-6-12)23-17-16(25(26)27)18(22-10-21-17)24-13-7-8-14(19)15(20)9-13/h2-11H,1H3,(H2,21,22,23,24). The number of halogens is 2. The summed E-state index contributed by atoms with van der Waals surface area (Å²) < 4.78 is 0. The fraction of sp³-hybridized carbons (Fsp3) is 0.111. The van der Waals surface area contributed by atoms with Gasteiger partial charge in [0.25, 0.3) is 0 Å². The van der Waals surface area contributed by atoms with Gasteiger partial charge in [-0.25, -0.2) is 9.97 Å². The van der Waals surface area contributed by atoms with Crippen LogP contribution in [0.1, 0.15) is 18.5 Å². The third kappa shape index (κ3) is 4.45. The molecule has 0 bridgehead atoms. The molecule has 27 heavy (non-hydrogen) atoms. The van der Waals surface area contributed by atoms with Crippen LogP contribution in [0.2, 0.25) is 10.0 Å². The minimum Gasteiger partial charge on any atom is -0.358 e. The minimum atomic E-state index is -0.528. The van der Waals surface area contributed by atoms with Crippen molar-refractivity contribution in [1.29, 1.82) is 0 Å². The predicted octanol–water partition coefficient (Wildman–Crippen LogP) is 5.61. The van der Waals surface area contributed by atoms with Crippen LogP contribution >= 0.6 is 23.2 Å². The van der Waals surface area contributed by atoms with Crippen molar-refractivity contribution >= 4 is 46.2 Å². The van der Waals surface area contributed by atoms with Crippen LogP contribution in [0.15, 0.2) is 54.9 Å². The molecule has 0 saturated carbocycles. The molecule has 1 heterocycles. The summed E-state index contributed by atoms with van der Waals surface area (Å²) in [7, 11) is 0. The van der Waals surface area contributed by atoms with Crippen molar-refractivity contribution in [3.8, 4) is 0 Å². The Morgan fingerprint density at radius 2 is 1.74 bits per heavy atom. The molecule has 0 saturated heterocycles. The Labute approximate surface area is 165 Å². The molecule has 1 atom stereocenters. The topological polar surface area (TPSA) is 93.0 Å². The van der Waals surface area contributed by atoms with Gasteiger partial charge < -0.3 is 10.6 Å². The third-order valence-electron chi connectivity index (χ3n) is 3.84. The van der Waals surface area contributed by atoms with Crippen molar-refractivity contribution < 1.29 is 4.92 Å². The van der Waals surface area contributed by atoms with Gasteiger partial charge in [-0.1, -0.05) is 53.5 Å². The first-order valence-electron chi connectivity index (χ1n) is 7.98. The summed E-state index contributed by atoms with van der Waals surface area (Å²) in [4.78, 5) is 19.2. The number of nitrogens with zero attached hydrogens (tertiary/aromatic N) is 3. The molecule has 1 unspecified atom stereocenters. The summed E-state index contributed by atoms with van der Waals surface area (Å²) >= 11 is 11.9. The van der Waals surface area contributed by atoms with E-state index < -0.39 is 4.92 Å². The van der Waals surface area contributed by atoms with Gasteiger partial charge in [-0.3, -0.25) is 10.1 Å². The summed E-state index contributed by atoms with van der Waals surface area (Å²) in [6.45, 7) is 1.90. The molecule has 0 spiro atoms. The molecule has 0 aliphatic heterocycles. The van der Waals surface area contributed by atoms with Crippen LogP contribution < -0.4 is 10.6 Å². The molecule has 3 rings (SSSR count). The summed E-state index contributed by atoms with van der Waals surface area (Å²) in [6, 6.07) is 14.2. The van der Waals surface area contributed by atoms with Crippen LogP contribution in [0.3, 0.4) is 0 Å². The van der Waals surface area contributed by atoms with Gasteiger partial charge in [0.2, 0.25) is 11.6 Å². The maximum atomic E-state index is 11.7. The van der Waals surface area contributed by atoms with Crippen LogP contribution in [0, 0.1) is 10.1 Å². The summed E-state index contributed by atoms with van der Waals surface area (Å²) in [5.74, 6) is 0.171. The second kappa shape index (κ2) is 8.20. The largest absolute Gasteiger partial charge is 0.358 e. The molecular formula is C18H15Cl2N5O2. The Morgan fingerprint density at radius 3 is 2.41 bits per heavy atom. The van der Waals surface area contributed by atoms with E-state index in [1.807, 2.05) is 37.3 Å². The van der Waals surface area contributed by atoms with Crippen LogP contribution in [-0.4, -0.2) is 14.9 Å². The van der Waals surface area contributed by atoms with Crippen molar-refractivity contribution in [3.63, 3.8) is 0 Å². The summed E-state index contributed by atoms with van der Waals surface area (Å²) in [5.41, 5.74) is 1.24. The molecular weight excluding hydrogens is 389 g/mol. The van der Waals surface area contributed by atoms with E-state index in [1.165, 1.54) is 6.33 Å². The van der Waals surface area contributed by atoms with E-state index in [1.54, 1.807) is 18.2 Å². The van der Waals surface area contributed by atoms with Crippen molar-refractivity contribution in [2.75, 3.05) is 10.6 Å². The number of benzene rings is 2. The SMILES string of the molecule is CC(Nc1ncnc(Nc2ccc(Cl)c(Cl)c2)c1[N+](=O)[O-])c1ccccc1. The fourth-order valence-corrected chi connectivity index (χ4v) is 2.79. The molecule has 0 amide bonds. The van der Waals surface area contributed by atoms with Crippen molar-refractivity contribution in [1.82, 2.24) is 9.97 Å². The fourth-order valence-electron chi connectivity index (χ4n) is 2.49. The Kier molecular flexibility index (Phi) is 5.73. The van der Waals surface area contributed by atoms with Gasteiger partial charge >= 0.3 is 5.69 Å². The molecule has 7 nitrogen and oxygen atoms in total. The second-order valence-corrected chi connectivity index (χ2v) is 6.52. The van der Waals surface area contributed by atoms with Crippen LogP contribution in [0.5, 0.6) is 0 Å². The van der Waals surface area contributed by atoms with Crippen LogP contribution in [0.4, 0.5) is 23.0 Å². The number of hydrogen-bond donors (Lipinski definition) is 2. The van der Waals surface area contributed by atoms with Gasteiger partial charge in [0.15, 0.2) is 0 Å². The van der Waals surface area contributed by atoms with Gasteiger partial charge in [-0.05, 0) is 30.7 Å². The quantitative estimate of drug-likeness (QED) is 0.410. The highest BCUT2D eigenvalue weighted by molar-refractivity contribution is 6.42. The average molecular weight is 404 g/mol. The summed E-state index contributed by atoms with van der Waals surface area (Å²) in [6.07, 6.45) is 1.26. The number of hydrogen-bond acceptors (Lipinski definition) is 6. The summed E-state index contributed by atoms with van der Waals surface area (Å²) in [5, 5.41) is 18.4. The molecule has 0 radical (unpaired) electrons. The van der Waals surface area contributed by atoms with Gasteiger partial charge in [0, 0.05) is 5.69 Å². The smallest absolute Gasteiger partial charge is 0.353 e. The Morgan fingerprint density at radius 1 is 1.04 bits per heavy atom. The first kappa shape index (κ1) is 18.9. The monoisotopic (exact) mass is 403 g/mol. The Balaban J connectivity index is 1.92. The van der Waals surface area contributed by atoms with Crippen molar-refractivity contribution in [2.24, 2.45) is 0 Å². The number of nitro groups is 1. The molecule has 0 fully saturated rings. The normalized spacial score (nSPS) is 11.7. The molecule has 0 aliphatic rings. The molecule has 3 aromatic rings. The maximum Gasteiger partial charge on any atom is 0.353 e. The highest BCUT2D eigenvalue weighted by Gasteiger charge is 2.24. The zero-order valence-electron chi connectivity index (χ0n) is 14.2. The second-order valence-electron chi connectivity index (χ2n) is 5.71. The molecule has 1 aromatic heterocycles. The van der Waals surface area contributed by atoms with Gasteiger partial charge in [-0.2, -0.15) is 0 Å². The Bertz CT molecular complexity index is 969. The highest BCUT2D eigenvalue weighted by atomic mass is 35.5. The number of nitrogens with one attached hydrogen (secondary N) is 2. The van der Waals surface area contributed by atoms with Crippen LogP contribution in [-0.2, 0) is 0 Å². The predicted molar refractivity (Wildman–Crippen MR) is 107 cm³/mol. The lowest BCUT2D eigenvalue weighted by molar-refractivity contribution is -0.383. The van der Waals surface area contributed by atoms with E-state index in [4.69, 9.17) is 23.2 Å². The van der Waals surface area contributed by atoms with E-state index in [-0.39, 0.29) is 23.4 Å². The minimum absolute atomic E-state index is 0.0520. The maximum absolute atomic E-state index is 11.7. The van der Waals surface area contributed by atoms with Crippen molar-refractivity contribution in [2.45, 2.75) is 13.0 Å². The lowest BCUT2D eigenvalue weighted by atomic mass is 10.1. The van der Waals surface area contributed by atoms with Gasteiger partial charge in [0.1, 0.15) is 6.33 Å². The third-order valence-corrected chi connectivity index (χ3v) is 4.58. The average Bonchev–Trinajstić information content (AvgIpc) is 2.65. The molecule has 9 heteroatoms. The molecule has 2 aromatic carbocycles. The van der Waals surface area contributed by atoms with Crippen LogP contribution in [0.25, 0.3) is 0 Å². The zero-order valence-corrected chi connectivity index (χ0v) is 15.7. The lowest BCUT2D eigenvalue weighted by Gasteiger charge is -2.16. The number of anilines is 3. The van der Waals surface area contributed by atoms with Crippen molar-refractivity contribution in [3.05, 3.63) is 80.6 Å².